The van der Waals surface area contributed by atoms with E-state index in [2.05, 4.69) is 17.2 Å². The van der Waals surface area contributed by atoms with E-state index in [0.29, 0.717) is 18.0 Å². The zero-order valence-electron chi connectivity index (χ0n) is 15.9. The van der Waals surface area contributed by atoms with Gasteiger partial charge in [0.1, 0.15) is 17.1 Å². The minimum Gasteiger partial charge on any atom is -0.510 e. The van der Waals surface area contributed by atoms with Crippen molar-refractivity contribution in [2.24, 2.45) is 10.9 Å². The average molecular weight is 380 g/mol. The number of unbranched alkanes of at least 4 members (excludes halogenated alkanes) is 3. The third-order valence-corrected chi connectivity index (χ3v) is 4.60. The highest BCUT2D eigenvalue weighted by atomic mass is 16.5. The van der Waals surface area contributed by atoms with E-state index in [9.17, 15) is 14.7 Å². The van der Waals surface area contributed by atoms with E-state index >= 15 is 0 Å². The first kappa shape index (κ1) is 19.6. The van der Waals surface area contributed by atoms with Gasteiger partial charge in [-0.25, -0.2) is 4.99 Å². The van der Waals surface area contributed by atoms with E-state index in [1.165, 1.54) is 12.8 Å². The Morgan fingerprint density at radius 3 is 2.71 bits per heavy atom. The minimum atomic E-state index is -0.742. The van der Waals surface area contributed by atoms with Crippen LogP contribution in [0, 0.1) is 5.92 Å². The van der Waals surface area contributed by atoms with Crippen molar-refractivity contribution in [2.75, 3.05) is 11.9 Å². The van der Waals surface area contributed by atoms with Gasteiger partial charge in [0.25, 0.3) is 11.8 Å². The summed E-state index contributed by atoms with van der Waals surface area (Å²) in [6.45, 7) is 2.82. The molecule has 1 unspecified atom stereocenters. The second kappa shape index (κ2) is 9.17. The first-order valence-electron chi connectivity index (χ1n) is 9.55. The Morgan fingerprint density at radius 2 is 1.96 bits per heavy atom. The molecule has 6 nitrogen and oxygen atoms in total. The number of carbonyl (C=O) groups excluding carboxylic acids is 2. The SMILES string of the molecule is CCCCCCOc1ccc(NC(=O)C2=C(O)C3C=CC=CC3=NC2=O)cc1. The molecule has 2 amide bonds. The summed E-state index contributed by atoms with van der Waals surface area (Å²) in [5.74, 6) is -1.54. The number of ether oxygens (including phenoxy) is 1. The van der Waals surface area contributed by atoms with Gasteiger partial charge in [0.2, 0.25) is 0 Å². The van der Waals surface area contributed by atoms with Crippen LogP contribution in [0.25, 0.3) is 0 Å². The molecule has 1 aliphatic heterocycles. The fraction of sp³-hybridized carbons (Fsp3) is 0.318. The Balaban J connectivity index is 1.61. The van der Waals surface area contributed by atoms with E-state index in [1.807, 2.05) is 0 Å². The predicted molar refractivity (Wildman–Crippen MR) is 109 cm³/mol. The molecule has 0 spiro atoms. The quantitative estimate of drug-likeness (QED) is 0.524. The predicted octanol–water partition coefficient (Wildman–Crippen LogP) is 4.12. The number of hydrogen-bond acceptors (Lipinski definition) is 4. The Labute approximate surface area is 164 Å². The summed E-state index contributed by atoms with van der Waals surface area (Å²) in [4.78, 5) is 28.6. The molecule has 0 fully saturated rings. The number of carbonyl (C=O) groups is 2. The van der Waals surface area contributed by atoms with Crippen LogP contribution in [0.4, 0.5) is 5.69 Å². The second-order valence-electron chi connectivity index (χ2n) is 6.71. The molecule has 1 heterocycles. The fourth-order valence-corrected chi connectivity index (χ4v) is 3.07. The van der Waals surface area contributed by atoms with Gasteiger partial charge in [-0.2, -0.15) is 0 Å². The number of aliphatic hydroxyl groups is 1. The molecule has 0 saturated heterocycles. The zero-order chi connectivity index (χ0) is 19.9. The highest BCUT2D eigenvalue weighted by Gasteiger charge is 2.34. The van der Waals surface area contributed by atoms with Gasteiger partial charge in [-0.15, -0.1) is 0 Å². The van der Waals surface area contributed by atoms with Gasteiger partial charge in [-0.05, 0) is 36.8 Å². The molecule has 3 rings (SSSR count). The van der Waals surface area contributed by atoms with Crippen molar-refractivity contribution in [2.45, 2.75) is 32.6 Å². The van der Waals surface area contributed by atoms with Gasteiger partial charge in [0.05, 0.1) is 18.2 Å². The van der Waals surface area contributed by atoms with Gasteiger partial charge >= 0.3 is 0 Å². The highest BCUT2D eigenvalue weighted by Crippen LogP contribution is 2.26. The van der Waals surface area contributed by atoms with E-state index in [-0.39, 0.29) is 11.3 Å². The summed E-state index contributed by atoms with van der Waals surface area (Å²) in [6, 6.07) is 6.92. The molecular formula is C22H24N2O4. The smallest absolute Gasteiger partial charge is 0.286 e. The maximum Gasteiger partial charge on any atom is 0.286 e. The van der Waals surface area contributed by atoms with Crippen molar-refractivity contribution in [3.63, 3.8) is 0 Å². The summed E-state index contributed by atoms with van der Waals surface area (Å²) < 4.78 is 5.67. The number of allylic oxidation sites excluding steroid dienone is 4. The number of nitrogens with zero attached hydrogens (tertiary/aromatic N) is 1. The molecule has 0 aromatic heterocycles. The van der Waals surface area contributed by atoms with Crippen LogP contribution in [0.3, 0.4) is 0 Å². The number of aliphatic imine (C=N–C) groups is 1. The fourth-order valence-electron chi connectivity index (χ4n) is 3.07. The number of anilines is 1. The number of hydrogen-bond donors (Lipinski definition) is 2. The van der Waals surface area contributed by atoms with Crippen LogP contribution in [0.1, 0.15) is 32.6 Å². The number of dihydropyridines is 1. The second-order valence-corrected chi connectivity index (χ2v) is 6.71. The van der Waals surface area contributed by atoms with E-state index in [1.54, 1.807) is 48.6 Å². The van der Waals surface area contributed by atoms with Gasteiger partial charge in [-0.3, -0.25) is 9.59 Å². The van der Waals surface area contributed by atoms with E-state index < -0.39 is 17.7 Å². The molecule has 0 radical (unpaired) electrons. The number of amides is 2. The first-order valence-corrected chi connectivity index (χ1v) is 9.55. The lowest BCUT2D eigenvalue weighted by Crippen LogP contribution is -2.30. The largest absolute Gasteiger partial charge is 0.510 e. The third kappa shape index (κ3) is 4.57. The summed E-state index contributed by atoms with van der Waals surface area (Å²) in [5, 5.41) is 13.0. The standard InChI is InChI=1S/C22H24N2O4/c1-2-3-4-7-14-28-16-12-10-15(11-13-16)23-21(26)19-20(25)17-8-5-6-9-18(17)24-22(19)27/h5-6,8-13,17,25H,2-4,7,14H2,1H3,(H,23,26). The lowest BCUT2D eigenvalue weighted by molar-refractivity contribution is -0.119. The molecule has 0 bridgehead atoms. The van der Waals surface area contributed by atoms with Crippen molar-refractivity contribution in [1.29, 1.82) is 0 Å². The normalized spacial score (nSPS) is 18.0. The molecule has 1 atom stereocenters. The van der Waals surface area contributed by atoms with Gasteiger partial charge < -0.3 is 15.2 Å². The molecule has 28 heavy (non-hydrogen) atoms. The lowest BCUT2D eigenvalue weighted by atomic mass is 9.90. The summed E-state index contributed by atoms with van der Waals surface area (Å²) in [6.07, 6.45) is 11.4. The van der Waals surface area contributed by atoms with Crippen LogP contribution in [0.2, 0.25) is 0 Å². The topological polar surface area (TPSA) is 88.0 Å². The monoisotopic (exact) mass is 380 g/mol. The zero-order valence-corrected chi connectivity index (χ0v) is 15.9. The van der Waals surface area contributed by atoms with Crippen LogP contribution in [-0.4, -0.2) is 29.2 Å². The minimum absolute atomic E-state index is 0.278. The number of nitrogens with one attached hydrogen (secondary N) is 1. The molecule has 2 N–H and O–H groups in total. The third-order valence-electron chi connectivity index (χ3n) is 4.60. The van der Waals surface area contributed by atoms with Gasteiger partial charge in [0.15, 0.2) is 0 Å². The van der Waals surface area contributed by atoms with E-state index in [0.717, 1.165) is 18.6 Å². The molecule has 2 aliphatic rings. The first-order chi connectivity index (χ1) is 13.6. The number of rotatable bonds is 8. The summed E-state index contributed by atoms with van der Waals surface area (Å²) in [5.41, 5.74) is 0.609. The number of benzene rings is 1. The molecular weight excluding hydrogens is 356 g/mol. The van der Waals surface area contributed by atoms with Crippen molar-refractivity contribution in [1.82, 2.24) is 0 Å². The number of aliphatic hydroxyl groups excluding tert-OH is 1. The maximum atomic E-state index is 12.5. The van der Waals surface area contributed by atoms with Crippen LogP contribution in [0.15, 0.2) is 64.9 Å². The van der Waals surface area contributed by atoms with Crippen molar-refractivity contribution >= 4 is 23.2 Å². The Kier molecular flexibility index (Phi) is 6.42. The summed E-state index contributed by atoms with van der Waals surface area (Å²) >= 11 is 0. The molecule has 0 saturated carbocycles. The summed E-state index contributed by atoms with van der Waals surface area (Å²) in [7, 11) is 0. The lowest BCUT2D eigenvalue weighted by Gasteiger charge is -2.21. The molecule has 1 aromatic carbocycles. The van der Waals surface area contributed by atoms with Gasteiger partial charge in [-0.1, -0.05) is 44.4 Å². The Morgan fingerprint density at radius 1 is 1.18 bits per heavy atom. The molecule has 1 aliphatic carbocycles. The Bertz CT molecular complexity index is 863. The van der Waals surface area contributed by atoms with Crippen LogP contribution >= 0.6 is 0 Å². The van der Waals surface area contributed by atoms with Gasteiger partial charge in [0, 0.05) is 5.69 Å². The van der Waals surface area contributed by atoms with Crippen molar-refractivity contribution in [3.8, 4) is 5.75 Å². The maximum absolute atomic E-state index is 12.5. The van der Waals surface area contributed by atoms with Crippen molar-refractivity contribution < 1.29 is 19.4 Å². The highest BCUT2D eigenvalue weighted by molar-refractivity contribution is 6.28. The van der Waals surface area contributed by atoms with Crippen LogP contribution < -0.4 is 10.1 Å². The van der Waals surface area contributed by atoms with Crippen LogP contribution in [-0.2, 0) is 9.59 Å². The molecule has 146 valence electrons. The average Bonchev–Trinajstić information content (AvgIpc) is 2.69. The van der Waals surface area contributed by atoms with Crippen LogP contribution in [0.5, 0.6) is 5.75 Å². The number of fused-ring (bicyclic) bond motifs is 1. The molecule has 1 aromatic rings. The van der Waals surface area contributed by atoms with Crippen molar-refractivity contribution in [3.05, 3.63) is 59.9 Å². The molecule has 6 heteroatoms. The van der Waals surface area contributed by atoms with E-state index in [4.69, 9.17) is 4.74 Å². The Hall–Kier alpha value is -3.15.